The maximum atomic E-state index is 12.4. The normalized spacial score (nSPS) is 17.1. The van der Waals surface area contributed by atoms with Crippen LogP contribution in [0, 0.1) is 5.92 Å². The number of carbonyl (C=O) groups excluding carboxylic acids is 1. The van der Waals surface area contributed by atoms with Crippen LogP contribution in [-0.4, -0.2) is 40.5 Å². The number of halogens is 1. The second-order valence-electron chi connectivity index (χ2n) is 7.01. The van der Waals surface area contributed by atoms with Crippen molar-refractivity contribution < 1.29 is 13.2 Å². The topological polar surface area (TPSA) is 87.3 Å². The molecule has 0 aromatic heterocycles. The monoisotopic (exact) mass is 425 g/mol. The lowest BCUT2D eigenvalue weighted by molar-refractivity contribution is -0.120. The zero-order chi connectivity index (χ0) is 19.1. The summed E-state index contributed by atoms with van der Waals surface area (Å²) in [5, 5.41) is 8.10. The van der Waals surface area contributed by atoms with Gasteiger partial charge in [-0.3, -0.25) is 4.79 Å². The highest BCUT2D eigenvalue weighted by atomic mass is 35.5. The third-order valence-corrected chi connectivity index (χ3v) is 6.41. The molecule has 154 valence electrons. The second kappa shape index (κ2) is 10.8. The summed E-state index contributed by atoms with van der Waals surface area (Å²) in [6, 6.07) is 12.6. The predicted octanol–water partition coefficient (Wildman–Crippen LogP) is 2.44. The molecule has 0 radical (unpaired) electrons. The van der Waals surface area contributed by atoms with E-state index in [1.807, 2.05) is 24.3 Å². The van der Waals surface area contributed by atoms with Crippen molar-refractivity contribution in [1.82, 2.24) is 15.4 Å². The summed E-state index contributed by atoms with van der Waals surface area (Å²) in [6.07, 6.45) is 3.49. The van der Waals surface area contributed by atoms with Gasteiger partial charge in [0.15, 0.2) is 0 Å². The predicted molar refractivity (Wildman–Crippen MR) is 114 cm³/mol. The van der Waals surface area contributed by atoms with Crippen LogP contribution in [0.5, 0.6) is 0 Å². The standard InChI is InChI=1S/C20H27N3O3S.ClH/c24-20(22-12-9-16-4-3-11-21-15-16)10-13-23-27(25,26)19-8-7-17-5-1-2-6-18(17)14-19;/h1-2,5-8,14,16,21,23H,3-4,9-13,15H2,(H,22,24);1H. The van der Waals surface area contributed by atoms with Crippen molar-refractivity contribution in [3.8, 4) is 0 Å². The van der Waals surface area contributed by atoms with Crippen molar-refractivity contribution in [3.63, 3.8) is 0 Å². The lowest BCUT2D eigenvalue weighted by atomic mass is 9.96. The minimum absolute atomic E-state index is 0. The van der Waals surface area contributed by atoms with Gasteiger partial charge < -0.3 is 10.6 Å². The molecule has 1 aliphatic heterocycles. The maximum absolute atomic E-state index is 12.4. The molecule has 2 aromatic rings. The Hall–Kier alpha value is -1.67. The van der Waals surface area contributed by atoms with Gasteiger partial charge in [0.1, 0.15) is 0 Å². The van der Waals surface area contributed by atoms with Gasteiger partial charge in [0.05, 0.1) is 4.90 Å². The van der Waals surface area contributed by atoms with Crippen LogP contribution in [0.3, 0.4) is 0 Å². The van der Waals surface area contributed by atoms with Crippen molar-refractivity contribution in [2.45, 2.75) is 30.6 Å². The zero-order valence-electron chi connectivity index (χ0n) is 15.8. The van der Waals surface area contributed by atoms with Gasteiger partial charge >= 0.3 is 0 Å². The second-order valence-corrected chi connectivity index (χ2v) is 8.77. The van der Waals surface area contributed by atoms with Crippen LogP contribution in [0.4, 0.5) is 0 Å². The highest BCUT2D eigenvalue weighted by Crippen LogP contribution is 2.18. The van der Waals surface area contributed by atoms with E-state index in [1.165, 1.54) is 12.8 Å². The van der Waals surface area contributed by atoms with Gasteiger partial charge in [-0.25, -0.2) is 13.1 Å². The molecular formula is C20H28ClN3O3S. The number of fused-ring (bicyclic) bond motifs is 1. The van der Waals surface area contributed by atoms with E-state index >= 15 is 0 Å². The summed E-state index contributed by atoms with van der Waals surface area (Å²) < 4.78 is 27.4. The Balaban J connectivity index is 0.00000280. The molecule has 0 bridgehead atoms. The summed E-state index contributed by atoms with van der Waals surface area (Å²) in [7, 11) is -3.62. The molecule has 0 aliphatic carbocycles. The molecule has 28 heavy (non-hydrogen) atoms. The number of benzene rings is 2. The van der Waals surface area contributed by atoms with E-state index in [1.54, 1.807) is 18.2 Å². The van der Waals surface area contributed by atoms with Gasteiger partial charge in [-0.05, 0) is 61.2 Å². The summed E-state index contributed by atoms with van der Waals surface area (Å²) in [6.45, 7) is 2.83. The third kappa shape index (κ3) is 6.44. The first kappa shape index (κ1) is 22.6. The summed E-state index contributed by atoms with van der Waals surface area (Å²) in [4.78, 5) is 12.1. The van der Waals surface area contributed by atoms with Crippen LogP contribution >= 0.6 is 12.4 Å². The minimum Gasteiger partial charge on any atom is -0.356 e. The van der Waals surface area contributed by atoms with Crippen molar-refractivity contribution in [2.24, 2.45) is 5.92 Å². The van der Waals surface area contributed by atoms with E-state index in [4.69, 9.17) is 0 Å². The van der Waals surface area contributed by atoms with Crippen LogP contribution in [0.1, 0.15) is 25.7 Å². The lowest BCUT2D eigenvalue weighted by Gasteiger charge is -2.22. The number of amides is 1. The Bertz CT molecular complexity index is 883. The number of nitrogens with one attached hydrogen (secondary N) is 3. The van der Waals surface area contributed by atoms with E-state index in [-0.39, 0.29) is 36.2 Å². The highest BCUT2D eigenvalue weighted by molar-refractivity contribution is 7.89. The van der Waals surface area contributed by atoms with Crippen molar-refractivity contribution >= 4 is 39.1 Å². The largest absolute Gasteiger partial charge is 0.356 e. The van der Waals surface area contributed by atoms with Crippen LogP contribution < -0.4 is 15.4 Å². The third-order valence-electron chi connectivity index (χ3n) is 4.95. The molecule has 2 aromatic carbocycles. The maximum Gasteiger partial charge on any atom is 0.240 e. The number of hydrogen-bond acceptors (Lipinski definition) is 4. The summed E-state index contributed by atoms with van der Waals surface area (Å²) in [5.41, 5.74) is 0. The van der Waals surface area contributed by atoms with Crippen LogP contribution in [0.2, 0.25) is 0 Å². The van der Waals surface area contributed by atoms with E-state index in [0.717, 1.165) is 30.3 Å². The van der Waals surface area contributed by atoms with E-state index in [9.17, 15) is 13.2 Å². The smallest absolute Gasteiger partial charge is 0.240 e. The average Bonchev–Trinajstić information content (AvgIpc) is 2.68. The van der Waals surface area contributed by atoms with Gasteiger partial charge in [0.25, 0.3) is 0 Å². The molecule has 0 spiro atoms. The van der Waals surface area contributed by atoms with Gasteiger partial charge in [-0.1, -0.05) is 30.3 Å². The Morgan fingerprint density at radius 2 is 1.89 bits per heavy atom. The van der Waals surface area contributed by atoms with Crippen molar-refractivity contribution in [1.29, 1.82) is 0 Å². The lowest BCUT2D eigenvalue weighted by Crippen LogP contribution is -2.34. The Morgan fingerprint density at radius 1 is 1.11 bits per heavy atom. The molecule has 1 atom stereocenters. The molecule has 1 unspecified atom stereocenters. The molecule has 1 saturated heterocycles. The molecule has 1 amide bonds. The Morgan fingerprint density at radius 3 is 2.64 bits per heavy atom. The Labute approximate surface area is 172 Å². The molecule has 1 fully saturated rings. The molecule has 3 rings (SSSR count). The van der Waals surface area contributed by atoms with Crippen molar-refractivity contribution in [2.75, 3.05) is 26.2 Å². The first-order valence-corrected chi connectivity index (χ1v) is 11.0. The first-order valence-electron chi connectivity index (χ1n) is 9.50. The molecular weight excluding hydrogens is 398 g/mol. The number of sulfonamides is 1. The fourth-order valence-electron chi connectivity index (χ4n) is 3.39. The SMILES string of the molecule is Cl.O=C(CCNS(=O)(=O)c1ccc2ccccc2c1)NCCC1CCCNC1. The summed E-state index contributed by atoms with van der Waals surface area (Å²) in [5.74, 6) is 0.491. The molecule has 6 nitrogen and oxygen atoms in total. The molecule has 3 N–H and O–H groups in total. The van der Waals surface area contributed by atoms with Gasteiger partial charge in [0, 0.05) is 19.5 Å². The van der Waals surface area contributed by atoms with E-state index in [2.05, 4.69) is 15.4 Å². The minimum atomic E-state index is -3.62. The fraction of sp³-hybridized carbons (Fsp3) is 0.450. The molecule has 8 heteroatoms. The quantitative estimate of drug-likeness (QED) is 0.606. The van der Waals surface area contributed by atoms with Crippen molar-refractivity contribution in [3.05, 3.63) is 42.5 Å². The van der Waals surface area contributed by atoms with Gasteiger partial charge in [-0.2, -0.15) is 0 Å². The number of carbonyl (C=O) groups is 1. The van der Waals surface area contributed by atoms with E-state index in [0.29, 0.717) is 12.5 Å². The van der Waals surface area contributed by atoms with E-state index < -0.39 is 10.0 Å². The first-order chi connectivity index (χ1) is 13.0. The van der Waals surface area contributed by atoms with Gasteiger partial charge in [-0.15, -0.1) is 12.4 Å². The number of piperidine rings is 1. The Kier molecular flexibility index (Phi) is 8.69. The molecule has 1 heterocycles. The fourth-order valence-corrected chi connectivity index (χ4v) is 4.46. The zero-order valence-corrected chi connectivity index (χ0v) is 17.4. The van der Waals surface area contributed by atoms with Crippen LogP contribution in [0.15, 0.2) is 47.4 Å². The molecule has 0 saturated carbocycles. The average molecular weight is 426 g/mol. The van der Waals surface area contributed by atoms with Crippen LogP contribution in [0.25, 0.3) is 10.8 Å². The number of rotatable bonds is 8. The highest BCUT2D eigenvalue weighted by Gasteiger charge is 2.15. The number of hydrogen-bond donors (Lipinski definition) is 3. The van der Waals surface area contributed by atoms with Crippen LogP contribution in [-0.2, 0) is 14.8 Å². The summed E-state index contributed by atoms with van der Waals surface area (Å²) >= 11 is 0. The molecule has 1 aliphatic rings. The van der Waals surface area contributed by atoms with Gasteiger partial charge in [0.2, 0.25) is 15.9 Å².